The summed E-state index contributed by atoms with van der Waals surface area (Å²) in [6.45, 7) is 5.78. The molecular weight excluding hydrogens is 528 g/mol. The first kappa shape index (κ1) is 29.4. The molecule has 0 saturated carbocycles. The van der Waals surface area contributed by atoms with Gasteiger partial charge in [0.1, 0.15) is 16.6 Å². The SMILES string of the molecule is CC(O)Cc1ccc(-c2cc(C(N)=O)c(Nc3cccc(CNCC(=O)NCCP(C)(C)=O)n3)s2)c(F)c1. The van der Waals surface area contributed by atoms with Crippen molar-refractivity contribution in [2.75, 3.05) is 37.9 Å². The number of aliphatic hydroxyl groups is 1. The van der Waals surface area contributed by atoms with Gasteiger partial charge in [-0.2, -0.15) is 0 Å². The Labute approximate surface area is 225 Å². The molecule has 6 N–H and O–H groups in total. The highest BCUT2D eigenvalue weighted by Crippen LogP contribution is 2.38. The van der Waals surface area contributed by atoms with E-state index >= 15 is 0 Å². The maximum Gasteiger partial charge on any atom is 0.251 e. The average Bonchev–Trinajstić information content (AvgIpc) is 3.22. The van der Waals surface area contributed by atoms with Gasteiger partial charge in [0.25, 0.3) is 5.91 Å². The maximum atomic E-state index is 14.8. The molecule has 2 amide bonds. The standard InChI is InChI=1S/C26H33FN5O4PS/c1-16(33)11-17-7-8-19(21(27)12-17)22-13-20(25(28)35)26(38-22)32-23-6-4-5-18(31-23)14-29-15-24(34)30-9-10-37(2,3)36/h4-8,12-13,16,29,33H,9-11,14-15H2,1-3H3,(H2,28,35)(H,30,34)(H,31,32). The van der Waals surface area contributed by atoms with Crippen LogP contribution in [0.4, 0.5) is 15.2 Å². The molecule has 0 bridgehead atoms. The number of hydrogen-bond donors (Lipinski definition) is 5. The van der Waals surface area contributed by atoms with E-state index in [0.29, 0.717) is 58.2 Å². The summed E-state index contributed by atoms with van der Waals surface area (Å²) in [5, 5.41) is 18.8. The number of carbonyl (C=O) groups is 2. The third kappa shape index (κ3) is 9.02. The number of nitrogens with one attached hydrogen (secondary N) is 3. The molecule has 1 unspecified atom stereocenters. The highest BCUT2D eigenvalue weighted by Gasteiger charge is 2.18. The Morgan fingerprint density at radius 2 is 1.97 bits per heavy atom. The van der Waals surface area contributed by atoms with E-state index < -0.39 is 25.0 Å². The van der Waals surface area contributed by atoms with Gasteiger partial charge in [0.2, 0.25) is 5.91 Å². The molecule has 9 nitrogen and oxygen atoms in total. The van der Waals surface area contributed by atoms with Gasteiger partial charge >= 0.3 is 0 Å². The number of aromatic nitrogens is 1. The summed E-state index contributed by atoms with van der Waals surface area (Å²) in [6, 6.07) is 11.6. The van der Waals surface area contributed by atoms with E-state index in [-0.39, 0.29) is 18.0 Å². The van der Waals surface area contributed by atoms with Crippen LogP contribution >= 0.6 is 18.5 Å². The zero-order chi connectivity index (χ0) is 27.9. The fourth-order valence-electron chi connectivity index (χ4n) is 3.62. The van der Waals surface area contributed by atoms with E-state index in [1.807, 2.05) is 0 Å². The number of benzene rings is 1. The van der Waals surface area contributed by atoms with Gasteiger partial charge in [0.05, 0.1) is 31.0 Å². The maximum absolute atomic E-state index is 14.8. The summed E-state index contributed by atoms with van der Waals surface area (Å²) >= 11 is 1.18. The van der Waals surface area contributed by atoms with Gasteiger partial charge in [-0.15, -0.1) is 11.3 Å². The molecule has 0 radical (unpaired) electrons. The minimum Gasteiger partial charge on any atom is -0.393 e. The third-order valence-electron chi connectivity index (χ3n) is 5.44. The van der Waals surface area contributed by atoms with Gasteiger partial charge in [0.15, 0.2) is 0 Å². The summed E-state index contributed by atoms with van der Waals surface area (Å²) < 4.78 is 26.6. The molecule has 0 aliphatic heterocycles. The summed E-state index contributed by atoms with van der Waals surface area (Å²) in [5.41, 5.74) is 7.45. The number of nitrogens with zero attached hydrogens (tertiary/aromatic N) is 1. The van der Waals surface area contributed by atoms with Crippen LogP contribution in [0.2, 0.25) is 0 Å². The number of rotatable bonds is 13. The van der Waals surface area contributed by atoms with Crippen molar-refractivity contribution in [3.05, 3.63) is 65.1 Å². The van der Waals surface area contributed by atoms with Crippen LogP contribution < -0.4 is 21.7 Å². The van der Waals surface area contributed by atoms with Crippen LogP contribution in [0.5, 0.6) is 0 Å². The highest BCUT2D eigenvalue weighted by atomic mass is 32.1. The number of nitrogens with two attached hydrogens (primary N) is 1. The summed E-state index contributed by atoms with van der Waals surface area (Å²) in [6.07, 6.45) is 0.203. The molecule has 1 atom stereocenters. The van der Waals surface area contributed by atoms with Gasteiger partial charge in [-0.3, -0.25) is 9.59 Å². The summed E-state index contributed by atoms with van der Waals surface area (Å²) in [5.74, 6) is -0.858. The summed E-state index contributed by atoms with van der Waals surface area (Å²) in [7, 11) is -2.17. The van der Waals surface area contributed by atoms with Gasteiger partial charge in [0, 0.05) is 29.7 Å². The minimum absolute atomic E-state index is 0.0821. The van der Waals surface area contributed by atoms with Crippen LogP contribution in [0.3, 0.4) is 0 Å². The normalized spacial score (nSPS) is 12.2. The first-order valence-electron chi connectivity index (χ1n) is 12.1. The highest BCUT2D eigenvalue weighted by molar-refractivity contribution is 7.62. The number of pyridine rings is 1. The second-order valence-corrected chi connectivity index (χ2v) is 14.1. The van der Waals surface area contributed by atoms with Crippen molar-refractivity contribution in [1.29, 1.82) is 0 Å². The Kier molecular flexibility index (Phi) is 10.2. The molecule has 0 aliphatic carbocycles. The van der Waals surface area contributed by atoms with E-state index in [9.17, 15) is 23.7 Å². The van der Waals surface area contributed by atoms with Crippen molar-refractivity contribution in [3.63, 3.8) is 0 Å². The lowest BCUT2D eigenvalue weighted by Gasteiger charge is -2.10. The zero-order valence-corrected chi connectivity index (χ0v) is 23.3. The number of amides is 2. The predicted molar refractivity (Wildman–Crippen MR) is 150 cm³/mol. The summed E-state index contributed by atoms with van der Waals surface area (Å²) in [4.78, 5) is 29.1. The van der Waals surface area contributed by atoms with Crippen LogP contribution in [0.1, 0.15) is 28.5 Å². The number of halogens is 1. The molecule has 2 aromatic heterocycles. The number of hydrogen-bond acceptors (Lipinski definition) is 8. The molecule has 0 spiro atoms. The Balaban J connectivity index is 1.67. The van der Waals surface area contributed by atoms with E-state index in [1.165, 1.54) is 17.4 Å². The molecule has 12 heteroatoms. The molecule has 1 aromatic carbocycles. The quantitative estimate of drug-likeness (QED) is 0.201. The van der Waals surface area contributed by atoms with Gasteiger partial charge < -0.3 is 31.4 Å². The molecule has 3 rings (SSSR count). The number of primary amides is 1. The number of thiophene rings is 1. The largest absolute Gasteiger partial charge is 0.393 e. The van der Waals surface area contributed by atoms with E-state index in [0.717, 1.165) is 0 Å². The van der Waals surface area contributed by atoms with Crippen LogP contribution in [-0.2, 0) is 22.3 Å². The Hall–Kier alpha value is -3.11. The molecule has 3 aromatic rings. The number of aliphatic hydroxyl groups excluding tert-OH is 1. The topological polar surface area (TPSA) is 146 Å². The fourth-order valence-corrected chi connectivity index (χ4v) is 5.37. The zero-order valence-electron chi connectivity index (χ0n) is 21.6. The molecular formula is C26H33FN5O4PS. The molecule has 0 aliphatic rings. The van der Waals surface area contributed by atoms with Crippen LogP contribution in [-0.4, -0.2) is 60.6 Å². The smallest absolute Gasteiger partial charge is 0.251 e. The van der Waals surface area contributed by atoms with Crippen LogP contribution in [0.25, 0.3) is 10.4 Å². The predicted octanol–water partition coefficient (Wildman–Crippen LogP) is 3.54. The van der Waals surface area contributed by atoms with Crippen LogP contribution in [0, 0.1) is 5.82 Å². The van der Waals surface area contributed by atoms with Crippen LogP contribution in [0.15, 0.2) is 42.5 Å². The first-order valence-corrected chi connectivity index (χ1v) is 15.7. The van der Waals surface area contributed by atoms with Crippen molar-refractivity contribution in [2.45, 2.75) is 26.0 Å². The Bertz CT molecular complexity index is 1340. The van der Waals surface area contributed by atoms with Gasteiger partial charge in [-0.25, -0.2) is 9.37 Å². The van der Waals surface area contributed by atoms with Crippen molar-refractivity contribution in [3.8, 4) is 10.4 Å². The Morgan fingerprint density at radius 1 is 1.21 bits per heavy atom. The number of carbonyl (C=O) groups excluding carboxylic acids is 2. The molecule has 0 fully saturated rings. The fraction of sp³-hybridized carbons (Fsp3) is 0.346. The molecule has 204 valence electrons. The molecule has 0 saturated heterocycles. The van der Waals surface area contributed by atoms with E-state index in [1.54, 1.807) is 56.7 Å². The number of anilines is 2. The van der Waals surface area contributed by atoms with E-state index in [2.05, 4.69) is 20.9 Å². The van der Waals surface area contributed by atoms with Crippen molar-refractivity contribution in [1.82, 2.24) is 15.6 Å². The van der Waals surface area contributed by atoms with Crippen molar-refractivity contribution < 1.29 is 23.7 Å². The lowest BCUT2D eigenvalue weighted by Crippen LogP contribution is -2.35. The average molecular weight is 562 g/mol. The third-order valence-corrected chi connectivity index (χ3v) is 7.82. The minimum atomic E-state index is -2.17. The lowest BCUT2D eigenvalue weighted by atomic mass is 10.0. The second kappa shape index (κ2) is 13.1. The van der Waals surface area contributed by atoms with Gasteiger partial charge in [-0.05, 0) is 56.5 Å². The first-order chi connectivity index (χ1) is 17.9. The molecule has 38 heavy (non-hydrogen) atoms. The Morgan fingerprint density at radius 3 is 2.63 bits per heavy atom. The second-order valence-electron chi connectivity index (χ2n) is 9.48. The monoisotopic (exact) mass is 561 g/mol. The van der Waals surface area contributed by atoms with Crippen molar-refractivity contribution >= 4 is 41.1 Å². The lowest BCUT2D eigenvalue weighted by molar-refractivity contribution is -0.120. The van der Waals surface area contributed by atoms with E-state index in [4.69, 9.17) is 5.73 Å². The van der Waals surface area contributed by atoms with Gasteiger partial charge in [-0.1, -0.05) is 18.2 Å². The molecule has 2 heterocycles. The van der Waals surface area contributed by atoms with Crippen molar-refractivity contribution in [2.24, 2.45) is 5.73 Å².